The first-order valence-electron chi connectivity index (χ1n) is 7.64. The highest BCUT2D eigenvalue weighted by atomic mass is 16.6. The fourth-order valence-electron chi connectivity index (χ4n) is 2.38. The summed E-state index contributed by atoms with van der Waals surface area (Å²) in [5.41, 5.74) is 0.987. The Balaban J connectivity index is 1.56. The van der Waals surface area contributed by atoms with Crippen LogP contribution in [0.1, 0.15) is 12.5 Å². The van der Waals surface area contributed by atoms with Crippen molar-refractivity contribution < 1.29 is 14.3 Å². The first kappa shape index (κ1) is 15.2. The summed E-state index contributed by atoms with van der Waals surface area (Å²) in [5.74, 6) is 1.31. The molecule has 4 nitrogen and oxygen atoms in total. The third-order valence-electron chi connectivity index (χ3n) is 3.68. The Morgan fingerprint density at radius 3 is 2.61 bits per heavy atom. The van der Waals surface area contributed by atoms with E-state index in [2.05, 4.69) is 5.32 Å². The molecule has 1 N–H and O–H groups in total. The molecule has 0 aromatic heterocycles. The van der Waals surface area contributed by atoms with E-state index < -0.39 is 0 Å². The van der Waals surface area contributed by atoms with Crippen LogP contribution in [-0.2, 0) is 4.79 Å². The van der Waals surface area contributed by atoms with E-state index in [-0.39, 0.29) is 18.1 Å². The van der Waals surface area contributed by atoms with Crippen LogP contribution in [0, 0.1) is 0 Å². The molecule has 1 aliphatic heterocycles. The van der Waals surface area contributed by atoms with Crippen LogP contribution in [0.5, 0.6) is 11.5 Å². The van der Waals surface area contributed by atoms with E-state index in [0.29, 0.717) is 12.4 Å². The van der Waals surface area contributed by atoms with E-state index in [9.17, 15) is 4.79 Å². The number of amides is 1. The maximum atomic E-state index is 12.0. The number of benzene rings is 2. The fraction of sp³-hybridized carbons (Fsp3) is 0.211. The van der Waals surface area contributed by atoms with Crippen molar-refractivity contribution >= 4 is 12.0 Å². The van der Waals surface area contributed by atoms with Gasteiger partial charge in [-0.1, -0.05) is 42.5 Å². The van der Waals surface area contributed by atoms with Crippen molar-refractivity contribution in [1.29, 1.82) is 0 Å². The van der Waals surface area contributed by atoms with Crippen LogP contribution in [0.2, 0.25) is 0 Å². The van der Waals surface area contributed by atoms with Crippen molar-refractivity contribution in [1.82, 2.24) is 5.32 Å². The van der Waals surface area contributed by atoms with Crippen molar-refractivity contribution in [3.05, 3.63) is 66.2 Å². The molecule has 1 aliphatic rings. The second kappa shape index (κ2) is 7.01. The minimum atomic E-state index is -0.209. The minimum absolute atomic E-state index is 0.149. The Hall–Kier alpha value is -2.75. The van der Waals surface area contributed by atoms with E-state index in [4.69, 9.17) is 9.47 Å². The van der Waals surface area contributed by atoms with Gasteiger partial charge in [-0.15, -0.1) is 0 Å². The fourth-order valence-corrected chi connectivity index (χ4v) is 2.38. The lowest BCUT2D eigenvalue weighted by Gasteiger charge is -2.30. The van der Waals surface area contributed by atoms with Crippen LogP contribution in [0.15, 0.2) is 60.7 Å². The predicted molar refractivity (Wildman–Crippen MR) is 89.4 cm³/mol. The number of fused-ring (bicyclic) bond motifs is 1. The molecule has 1 heterocycles. The summed E-state index contributed by atoms with van der Waals surface area (Å²) in [7, 11) is 0. The second-order valence-corrected chi connectivity index (χ2v) is 5.46. The molecule has 1 amide bonds. The highest BCUT2D eigenvalue weighted by molar-refractivity contribution is 5.91. The van der Waals surface area contributed by atoms with Crippen LogP contribution in [0.3, 0.4) is 0 Å². The van der Waals surface area contributed by atoms with E-state index in [0.717, 1.165) is 11.3 Å². The van der Waals surface area contributed by atoms with Crippen LogP contribution in [0.4, 0.5) is 0 Å². The molecule has 0 fully saturated rings. The summed E-state index contributed by atoms with van der Waals surface area (Å²) in [6.07, 6.45) is 3.11. The summed E-state index contributed by atoms with van der Waals surface area (Å²) >= 11 is 0. The van der Waals surface area contributed by atoms with Crippen molar-refractivity contribution in [2.45, 2.75) is 19.1 Å². The lowest BCUT2D eigenvalue weighted by atomic mass is 10.1. The second-order valence-electron chi connectivity index (χ2n) is 5.46. The maximum Gasteiger partial charge on any atom is 0.244 e. The zero-order valence-corrected chi connectivity index (χ0v) is 12.9. The summed E-state index contributed by atoms with van der Waals surface area (Å²) < 4.78 is 11.6. The molecule has 0 radical (unpaired) electrons. The Labute approximate surface area is 135 Å². The van der Waals surface area contributed by atoms with Crippen molar-refractivity contribution in [3.63, 3.8) is 0 Å². The number of hydrogen-bond acceptors (Lipinski definition) is 3. The summed E-state index contributed by atoms with van der Waals surface area (Å²) in [5, 5.41) is 2.92. The third-order valence-corrected chi connectivity index (χ3v) is 3.68. The molecule has 0 bridgehead atoms. The van der Waals surface area contributed by atoms with Gasteiger partial charge in [0.05, 0.1) is 6.04 Å². The third kappa shape index (κ3) is 3.92. The first-order valence-corrected chi connectivity index (χ1v) is 7.64. The van der Waals surface area contributed by atoms with Gasteiger partial charge in [0.15, 0.2) is 17.6 Å². The molecule has 4 heteroatoms. The van der Waals surface area contributed by atoms with Crippen molar-refractivity contribution in [2.75, 3.05) is 6.61 Å². The quantitative estimate of drug-likeness (QED) is 0.883. The van der Waals surface area contributed by atoms with Gasteiger partial charge < -0.3 is 14.8 Å². The molecular formula is C19H19NO3. The van der Waals surface area contributed by atoms with E-state index in [1.165, 1.54) is 6.08 Å². The molecule has 118 valence electrons. The van der Waals surface area contributed by atoms with E-state index in [1.807, 2.05) is 61.5 Å². The topological polar surface area (TPSA) is 47.6 Å². The molecule has 0 unspecified atom stereocenters. The lowest BCUT2D eigenvalue weighted by Crippen LogP contribution is -2.47. The molecule has 23 heavy (non-hydrogen) atoms. The first-order chi connectivity index (χ1) is 11.2. The Morgan fingerprint density at radius 1 is 1.13 bits per heavy atom. The Kier molecular flexibility index (Phi) is 4.62. The number of para-hydroxylation sites is 2. The Morgan fingerprint density at radius 2 is 1.83 bits per heavy atom. The molecule has 2 aromatic rings. The number of hydrogen-bond donors (Lipinski definition) is 1. The van der Waals surface area contributed by atoms with Crippen molar-refractivity contribution in [2.24, 2.45) is 0 Å². The van der Waals surface area contributed by atoms with Gasteiger partial charge in [0.25, 0.3) is 0 Å². The molecule has 0 saturated heterocycles. The van der Waals surface area contributed by atoms with Crippen molar-refractivity contribution in [3.8, 4) is 11.5 Å². The summed E-state index contributed by atoms with van der Waals surface area (Å²) in [6, 6.07) is 17.1. The summed E-state index contributed by atoms with van der Waals surface area (Å²) in [6.45, 7) is 2.33. The number of carbonyl (C=O) groups excluding carboxylic acids is 1. The molecule has 2 aromatic carbocycles. The SMILES string of the molecule is C[C@H](NC(=O)/C=C/c1ccccc1)[C@H]1COc2ccccc2O1. The molecule has 0 saturated carbocycles. The average Bonchev–Trinajstić information content (AvgIpc) is 2.60. The predicted octanol–water partition coefficient (Wildman–Crippen LogP) is 3.04. The number of rotatable bonds is 4. The zero-order valence-electron chi connectivity index (χ0n) is 12.9. The number of ether oxygens (including phenoxy) is 2. The van der Waals surface area contributed by atoms with Gasteiger partial charge in [0, 0.05) is 6.08 Å². The van der Waals surface area contributed by atoms with Crippen LogP contribution in [0.25, 0.3) is 6.08 Å². The van der Waals surface area contributed by atoms with Gasteiger partial charge >= 0.3 is 0 Å². The van der Waals surface area contributed by atoms with Gasteiger partial charge in [-0.25, -0.2) is 0 Å². The van der Waals surface area contributed by atoms with Crippen LogP contribution < -0.4 is 14.8 Å². The molecule has 0 spiro atoms. The van der Waals surface area contributed by atoms with Gasteiger partial charge in [-0.3, -0.25) is 4.79 Å². The van der Waals surface area contributed by atoms with Crippen LogP contribution >= 0.6 is 0 Å². The largest absolute Gasteiger partial charge is 0.486 e. The van der Waals surface area contributed by atoms with Gasteiger partial charge in [0.1, 0.15) is 6.61 Å². The minimum Gasteiger partial charge on any atom is -0.486 e. The molecule has 2 atom stereocenters. The standard InChI is InChI=1S/C19H19NO3/c1-14(18-13-22-16-9-5-6-10-17(16)23-18)20-19(21)12-11-15-7-3-2-4-8-15/h2-12,14,18H,13H2,1H3,(H,20,21)/b12-11+/t14-,18+/m0/s1. The average molecular weight is 309 g/mol. The van der Waals surface area contributed by atoms with E-state index >= 15 is 0 Å². The van der Waals surface area contributed by atoms with Gasteiger partial charge in [0.2, 0.25) is 5.91 Å². The zero-order chi connectivity index (χ0) is 16.1. The molecule has 3 rings (SSSR count). The van der Waals surface area contributed by atoms with Gasteiger partial charge in [-0.05, 0) is 30.7 Å². The van der Waals surface area contributed by atoms with Crippen LogP contribution in [-0.4, -0.2) is 24.7 Å². The Bertz CT molecular complexity index is 697. The molecule has 0 aliphatic carbocycles. The van der Waals surface area contributed by atoms with Gasteiger partial charge in [-0.2, -0.15) is 0 Å². The maximum absolute atomic E-state index is 12.0. The highest BCUT2D eigenvalue weighted by Gasteiger charge is 2.26. The van der Waals surface area contributed by atoms with E-state index in [1.54, 1.807) is 6.08 Å². The lowest BCUT2D eigenvalue weighted by molar-refractivity contribution is -0.117. The monoisotopic (exact) mass is 309 g/mol. The number of carbonyl (C=O) groups is 1. The normalized spacial score (nSPS) is 17.7. The summed E-state index contributed by atoms with van der Waals surface area (Å²) in [4.78, 5) is 12.0. The molecular weight excluding hydrogens is 290 g/mol. The smallest absolute Gasteiger partial charge is 0.244 e. The highest BCUT2D eigenvalue weighted by Crippen LogP contribution is 2.31. The number of nitrogens with one attached hydrogen (secondary N) is 1.